The molecule has 2 aliphatic rings. The first kappa shape index (κ1) is 46.7. The third kappa shape index (κ3) is 16.4. The van der Waals surface area contributed by atoms with Crippen molar-refractivity contribution in [1.29, 1.82) is 0 Å². The Hall–Kier alpha value is -2.74. The highest BCUT2D eigenvalue weighted by molar-refractivity contribution is 7.59. The van der Waals surface area contributed by atoms with Crippen molar-refractivity contribution >= 4 is 49.7 Å². The first-order valence-corrected chi connectivity index (χ1v) is 13.5. The molecule has 2 aromatic rings. The molecule has 4 N–H and O–H groups in total. The summed E-state index contributed by atoms with van der Waals surface area (Å²) in [7, 11) is 0. The molecule has 254 valence electrons. The van der Waals surface area contributed by atoms with E-state index in [1.807, 2.05) is 0 Å². The molecule has 11 heteroatoms. The highest BCUT2D eigenvalue weighted by Gasteiger charge is 2.36. The average molecular weight is 668 g/mol. The Balaban J connectivity index is -0.000000563. The number of rotatable bonds is 5. The Morgan fingerprint density at radius 3 is 1.76 bits per heavy atom. The number of quaternary nitrogens is 1. The summed E-state index contributed by atoms with van der Waals surface area (Å²) in [6.07, 6.45) is 9.58. The standard InChI is InChI=1S/C12H13N.2C10H14O4.2CH4.2H2S/c1-9(13)11-8-4-6-10-5-2-3-7-12(10)11;2*1-4-7-5-8(6-9(11)12)14-10(2,3)13-7;;;;/h2-9H,13H2,1H3;2*1,7-8H,5-6H2,2-3H3,(H,11,12);2*1H4;2*1H2/t9-;2*7-,8-;;;;/m111..../s1. The van der Waals surface area contributed by atoms with Gasteiger partial charge in [0.05, 0.1) is 18.6 Å². The van der Waals surface area contributed by atoms with Crippen molar-refractivity contribution in [1.82, 2.24) is 0 Å². The Morgan fingerprint density at radius 1 is 0.889 bits per heavy atom. The van der Waals surface area contributed by atoms with E-state index in [2.05, 4.69) is 67.0 Å². The fourth-order valence-electron chi connectivity index (χ4n) is 4.73. The Morgan fingerprint density at radius 2 is 1.33 bits per heavy atom. The SMILES string of the molecule is C.C.C#C[C@@H]1C[C@H](CC(=O)O)OC(C)(C)O1.C#C[C@@H]1C[C@H](CC(=O)[O-])OC(C)(C)O1.C[C@@H]([NH3+])c1cccc2ccccc12.S.S. The van der Waals surface area contributed by atoms with Gasteiger partial charge in [-0.15, -0.1) is 12.8 Å². The number of aliphatic carboxylic acids is 2. The molecular formula is C34H53NO8S2. The van der Waals surface area contributed by atoms with Gasteiger partial charge < -0.3 is 39.7 Å². The number of carbonyl (C=O) groups excluding carboxylic acids is 1. The average Bonchev–Trinajstić information content (AvgIpc) is 2.86. The lowest BCUT2D eigenvalue weighted by molar-refractivity contribution is -0.420. The summed E-state index contributed by atoms with van der Waals surface area (Å²) in [5.74, 6) is 1.27. The van der Waals surface area contributed by atoms with Gasteiger partial charge >= 0.3 is 5.97 Å². The summed E-state index contributed by atoms with van der Waals surface area (Å²) in [4.78, 5) is 20.9. The number of fused-ring (bicyclic) bond motifs is 1. The molecule has 0 aliphatic carbocycles. The van der Waals surface area contributed by atoms with Crippen LogP contribution in [-0.2, 0) is 28.5 Å². The molecule has 0 bridgehead atoms. The monoisotopic (exact) mass is 667 g/mol. The van der Waals surface area contributed by atoms with E-state index in [1.54, 1.807) is 27.7 Å². The van der Waals surface area contributed by atoms with E-state index in [1.165, 1.54) is 16.3 Å². The molecule has 2 aliphatic heterocycles. The van der Waals surface area contributed by atoms with Gasteiger partial charge in [-0.1, -0.05) is 69.2 Å². The molecule has 45 heavy (non-hydrogen) atoms. The highest BCUT2D eigenvalue weighted by atomic mass is 32.1. The van der Waals surface area contributed by atoms with E-state index in [9.17, 15) is 14.7 Å². The Bertz CT molecular complexity index is 1210. The largest absolute Gasteiger partial charge is 0.550 e. The molecule has 0 saturated carbocycles. The van der Waals surface area contributed by atoms with Crippen LogP contribution in [0.5, 0.6) is 0 Å². The summed E-state index contributed by atoms with van der Waals surface area (Å²) in [5, 5.41) is 21.6. The third-order valence-corrected chi connectivity index (χ3v) is 6.23. The molecule has 2 heterocycles. The zero-order chi connectivity index (χ0) is 30.8. The van der Waals surface area contributed by atoms with Crippen LogP contribution >= 0.6 is 27.0 Å². The van der Waals surface area contributed by atoms with Crippen LogP contribution in [0.3, 0.4) is 0 Å². The molecule has 2 fully saturated rings. The number of carboxylic acid groups (broad SMARTS) is 2. The van der Waals surface area contributed by atoms with Crippen molar-refractivity contribution in [2.24, 2.45) is 0 Å². The van der Waals surface area contributed by atoms with Crippen molar-refractivity contribution in [2.45, 2.75) is 117 Å². The maximum absolute atomic E-state index is 10.5. The topological polar surface area (TPSA) is 142 Å². The van der Waals surface area contributed by atoms with E-state index >= 15 is 0 Å². The predicted molar refractivity (Wildman–Crippen MR) is 186 cm³/mol. The number of ether oxygens (including phenoxy) is 4. The first-order chi connectivity index (χ1) is 19.1. The van der Waals surface area contributed by atoms with E-state index < -0.39 is 29.6 Å². The fourth-order valence-corrected chi connectivity index (χ4v) is 4.73. The molecule has 4 rings (SSSR count). The van der Waals surface area contributed by atoms with E-state index in [-0.39, 0.29) is 73.0 Å². The van der Waals surface area contributed by atoms with Crippen LogP contribution in [0.25, 0.3) is 10.8 Å². The Labute approximate surface area is 283 Å². The second-order valence-electron chi connectivity index (χ2n) is 10.9. The van der Waals surface area contributed by atoms with Gasteiger partial charge in [0, 0.05) is 30.8 Å². The van der Waals surface area contributed by atoms with Crippen LogP contribution in [0, 0.1) is 24.7 Å². The van der Waals surface area contributed by atoms with Gasteiger partial charge in [-0.2, -0.15) is 27.0 Å². The lowest BCUT2D eigenvalue weighted by Gasteiger charge is -2.39. The number of hydrogen-bond donors (Lipinski definition) is 2. The molecule has 0 spiro atoms. The molecule has 0 radical (unpaired) electrons. The van der Waals surface area contributed by atoms with Crippen LogP contribution in [0.15, 0.2) is 42.5 Å². The van der Waals surface area contributed by atoms with Gasteiger partial charge in [0.2, 0.25) is 0 Å². The molecule has 2 aromatic carbocycles. The van der Waals surface area contributed by atoms with Gasteiger partial charge in [-0.05, 0) is 45.4 Å². The normalized spacial score (nSPS) is 22.8. The summed E-state index contributed by atoms with van der Waals surface area (Å²) >= 11 is 0. The van der Waals surface area contributed by atoms with Gasteiger partial charge in [0.25, 0.3) is 0 Å². The van der Waals surface area contributed by atoms with E-state index in [0.717, 1.165) is 0 Å². The summed E-state index contributed by atoms with van der Waals surface area (Å²) < 4.78 is 21.5. The summed E-state index contributed by atoms with van der Waals surface area (Å²) in [6.45, 7) is 9.00. The minimum Gasteiger partial charge on any atom is -0.550 e. The number of carboxylic acids is 2. The van der Waals surface area contributed by atoms with Crippen molar-refractivity contribution in [3.8, 4) is 24.7 Å². The first-order valence-electron chi connectivity index (χ1n) is 13.5. The van der Waals surface area contributed by atoms with Crippen LogP contribution in [-0.4, -0.2) is 53.0 Å². The van der Waals surface area contributed by atoms with Crippen molar-refractivity contribution in [2.75, 3.05) is 0 Å². The second kappa shape index (κ2) is 21.1. The molecule has 0 amide bonds. The smallest absolute Gasteiger partial charge is 0.305 e. The van der Waals surface area contributed by atoms with Gasteiger partial charge in [0.15, 0.2) is 11.6 Å². The lowest BCUT2D eigenvalue weighted by atomic mass is 10.0. The fraction of sp³-hybridized carbons (Fsp3) is 0.529. The molecule has 0 aromatic heterocycles. The zero-order valence-corrected chi connectivity index (χ0v) is 27.4. The summed E-state index contributed by atoms with van der Waals surface area (Å²) in [5.41, 5.74) is 5.39. The number of benzene rings is 2. The number of carbonyl (C=O) groups is 2. The van der Waals surface area contributed by atoms with E-state index in [4.69, 9.17) is 36.9 Å². The number of terminal acetylenes is 2. The zero-order valence-electron chi connectivity index (χ0n) is 25.4. The molecule has 9 nitrogen and oxygen atoms in total. The summed E-state index contributed by atoms with van der Waals surface area (Å²) in [6, 6.07) is 15.2. The highest BCUT2D eigenvalue weighted by Crippen LogP contribution is 2.29. The predicted octanol–water partition coefficient (Wildman–Crippen LogP) is 4.31. The van der Waals surface area contributed by atoms with Gasteiger partial charge in [0.1, 0.15) is 18.2 Å². The molecular weight excluding hydrogens is 615 g/mol. The maximum atomic E-state index is 10.5. The van der Waals surface area contributed by atoms with Crippen molar-refractivity contribution < 1.29 is 44.5 Å². The lowest BCUT2D eigenvalue weighted by Crippen LogP contribution is -2.51. The molecule has 0 unspecified atom stereocenters. The minimum atomic E-state index is -1.14. The van der Waals surface area contributed by atoms with Crippen molar-refractivity contribution in [3.63, 3.8) is 0 Å². The quantitative estimate of drug-likeness (QED) is 0.450. The Kier molecular flexibility index (Phi) is 21.9. The van der Waals surface area contributed by atoms with Gasteiger partial charge in [-0.25, -0.2) is 0 Å². The van der Waals surface area contributed by atoms with Crippen molar-refractivity contribution in [3.05, 3.63) is 48.0 Å². The second-order valence-corrected chi connectivity index (χ2v) is 10.9. The van der Waals surface area contributed by atoms with Crippen LogP contribution < -0.4 is 10.8 Å². The molecule has 2 saturated heterocycles. The van der Waals surface area contributed by atoms with Crippen LogP contribution in [0.2, 0.25) is 0 Å². The maximum Gasteiger partial charge on any atom is 0.305 e. The van der Waals surface area contributed by atoms with Crippen LogP contribution in [0.4, 0.5) is 0 Å². The van der Waals surface area contributed by atoms with Crippen LogP contribution in [0.1, 0.15) is 86.8 Å². The van der Waals surface area contributed by atoms with E-state index in [0.29, 0.717) is 18.9 Å². The third-order valence-electron chi connectivity index (χ3n) is 6.23. The molecule has 5 atom stereocenters. The van der Waals surface area contributed by atoms with Gasteiger partial charge in [-0.3, -0.25) is 4.79 Å². The number of hydrogen-bond acceptors (Lipinski definition) is 7. The minimum absolute atomic E-state index is 0.